The predicted octanol–water partition coefficient (Wildman–Crippen LogP) is 9.41. The number of nitrogens with zero attached hydrogens (tertiary/aromatic N) is 9. The van der Waals surface area contributed by atoms with Gasteiger partial charge in [0.2, 0.25) is 0 Å². The van der Waals surface area contributed by atoms with E-state index in [-0.39, 0.29) is 33.6 Å². The summed E-state index contributed by atoms with van der Waals surface area (Å²) in [5.41, 5.74) is 1.27. The quantitative estimate of drug-likeness (QED) is 0.0666. The molecule has 21 nitrogen and oxygen atoms in total. The number of benzene rings is 3. The van der Waals surface area contributed by atoms with Crippen LogP contribution in [0, 0.1) is 13.8 Å². The first kappa shape index (κ1) is 61.6. The molecule has 3 fully saturated rings. The standard InChI is InChI=1S/C23H25N3O3.C20H20Cl2N4O3.C20H22ClN5O3/c1-15-6-5-7-16-12-17(8-9-18(15)16)23(10-3-4-11-23)14-26-13-19(27)21(28)20(25-26)22(29)24-2;1-23-19(29)17-18(28)16(27)10-25(24-17)11-20(6-2-3-7-20)26-9-14(22)13-8-12(21)4-5-15(13)26;1-12-9-26(18-14(12)7-13(21)8-23-18)20(5-3-4-6-20)11-25-10-15(27)17(28)16(24-25)19(29)22-2/h5-9,12-13,27H,3-4,10-11,14H2,1-2H3,(H,24,29);4-5,8-10,27H,2-3,6-7,11H2,1H3,(H,23,29);7-10,27H,3-6,11H2,1-2H3,(H,22,29). The molecule has 0 saturated heterocycles. The van der Waals surface area contributed by atoms with Gasteiger partial charge in [-0.15, -0.1) is 0 Å². The molecule has 454 valence electrons. The number of carbonyl (C=O) groups is 3. The lowest BCUT2D eigenvalue weighted by atomic mass is 9.78. The summed E-state index contributed by atoms with van der Waals surface area (Å²) >= 11 is 18.8. The molecule has 24 heteroatoms. The van der Waals surface area contributed by atoms with Crippen LogP contribution in [-0.2, 0) is 36.1 Å². The smallest absolute Gasteiger partial charge is 0.275 e. The molecule has 6 N–H and O–H groups in total. The fourth-order valence-corrected chi connectivity index (χ4v) is 13.6. The SMILES string of the molecule is CNC(=O)c1nn(CC2(c3ccc4c(C)cccc4c3)CCCC2)cc(O)c1=O.CNC(=O)c1nn(CC2(n3cc(C)c4cc(Cl)cnc43)CCCC2)cc(O)c1=O.CNC(=O)c1nn(CC2(n3cc(Cl)c4cc(Cl)ccc43)CCCC2)cc(O)c1=O. The van der Waals surface area contributed by atoms with Gasteiger partial charge in [-0.05, 0) is 104 Å². The third-order valence-corrected chi connectivity index (χ3v) is 18.2. The molecule has 12 rings (SSSR count). The number of nitrogens with one attached hydrogen (secondary N) is 3. The number of aryl methyl sites for hydroxylation is 2. The Morgan fingerprint density at radius 3 is 1.53 bits per heavy atom. The van der Waals surface area contributed by atoms with Crippen LogP contribution in [-0.4, -0.2) is 97.6 Å². The van der Waals surface area contributed by atoms with E-state index < -0.39 is 51.3 Å². The molecule has 0 spiro atoms. The highest BCUT2D eigenvalue weighted by Gasteiger charge is 2.41. The summed E-state index contributed by atoms with van der Waals surface area (Å²) < 4.78 is 8.82. The maximum absolute atomic E-state index is 12.1. The average molecular weight is 1240 g/mol. The maximum Gasteiger partial charge on any atom is 0.275 e. The number of aromatic nitrogens is 9. The van der Waals surface area contributed by atoms with Gasteiger partial charge in [0.15, 0.2) is 34.3 Å². The van der Waals surface area contributed by atoms with Crippen LogP contribution in [0.25, 0.3) is 32.7 Å². The fourth-order valence-electron chi connectivity index (χ4n) is 13.1. The van der Waals surface area contributed by atoms with E-state index in [1.165, 1.54) is 71.0 Å². The first-order valence-corrected chi connectivity index (χ1v) is 29.9. The molecule has 3 aromatic carbocycles. The van der Waals surface area contributed by atoms with Crippen molar-refractivity contribution in [2.75, 3.05) is 21.1 Å². The van der Waals surface area contributed by atoms with Crippen molar-refractivity contribution in [3.05, 3.63) is 177 Å². The van der Waals surface area contributed by atoms with E-state index in [0.29, 0.717) is 34.7 Å². The van der Waals surface area contributed by atoms with Crippen LogP contribution < -0.4 is 32.2 Å². The van der Waals surface area contributed by atoms with Crippen molar-refractivity contribution < 1.29 is 29.7 Å². The molecular formula is C63H67Cl3N12O9. The predicted molar refractivity (Wildman–Crippen MR) is 334 cm³/mol. The lowest BCUT2D eigenvalue weighted by Crippen LogP contribution is -2.37. The summed E-state index contributed by atoms with van der Waals surface area (Å²) in [6.07, 6.45) is 21.4. The van der Waals surface area contributed by atoms with Gasteiger partial charge < -0.3 is 40.4 Å². The van der Waals surface area contributed by atoms with Crippen LogP contribution in [0.5, 0.6) is 17.2 Å². The van der Waals surface area contributed by atoms with Crippen molar-refractivity contribution in [3.63, 3.8) is 0 Å². The molecule has 3 aliphatic rings. The molecular weight excluding hydrogens is 1180 g/mol. The number of aromatic hydroxyl groups is 3. The zero-order valence-electron chi connectivity index (χ0n) is 48.8. The minimum atomic E-state index is -0.787. The number of rotatable bonds is 12. The first-order chi connectivity index (χ1) is 41.6. The summed E-state index contributed by atoms with van der Waals surface area (Å²) in [7, 11) is 4.27. The zero-order valence-corrected chi connectivity index (χ0v) is 51.1. The Bertz CT molecular complexity index is 4160. The normalized spacial score (nSPS) is 15.6. The van der Waals surface area contributed by atoms with Crippen molar-refractivity contribution in [3.8, 4) is 17.2 Å². The number of carbonyl (C=O) groups excluding carboxylic acids is 3. The van der Waals surface area contributed by atoms with Crippen LogP contribution in [0.1, 0.15) is 125 Å². The third kappa shape index (κ3) is 12.2. The Morgan fingerprint density at radius 2 is 1.01 bits per heavy atom. The Hall–Kier alpha value is -8.53. The van der Waals surface area contributed by atoms with Gasteiger partial charge >= 0.3 is 0 Å². The number of pyridine rings is 1. The lowest BCUT2D eigenvalue weighted by Gasteiger charge is -2.32. The molecule has 9 aromatic rings. The second-order valence-electron chi connectivity index (χ2n) is 23.0. The number of halogens is 3. The van der Waals surface area contributed by atoms with Gasteiger partial charge in [-0.25, -0.2) is 4.98 Å². The topological polar surface area (TPSA) is 275 Å². The minimum Gasteiger partial charge on any atom is -0.503 e. The largest absolute Gasteiger partial charge is 0.503 e. The van der Waals surface area contributed by atoms with Crippen molar-refractivity contribution in [2.24, 2.45) is 0 Å². The zero-order chi connectivity index (χ0) is 62.1. The molecule has 6 aromatic heterocycles. The second-order valence-corrected chi connectivity index (χ2v) is 24.3. The van der Waals surface area contributed by atoms with Gasteiger partial charge in [0.1, 0.15) is 5.65 Å². The molecule has 87 heavy (non-hydrogen) atoms. The lowest BCUT2D eigenvalue weighted by molar-refractivity contribution is 0.0944. The van der Waals surface area contributed by atoms with Gasteiger partial charge in [-0.3, -0.25) is 42.8 Å². The van der Waals surface area contributed by atoms with Crippen LogP contribution in [0.15, 0.2) is 112 Å². The number of amides is 3. The summed E-state index contributed by atoms with van der Waals surface area (Å²) in [5, 5.41) is 56.2. The van der Waals surface area contributed by atoms with E-state index in [1.54, 1.807) is 10.9 Å². The Labute approximate surface area is 514 Å². The van der Waals surface area contributed by atoms with Crippen molar-refractivity contribution >= 4 is 85.2 Å². The third-order valence-electron chi connectivity index (χ3n) is 17.4. The average Bonchev–Trinajstić information content (AvgIpc) is 1.73. The van der Waals surface area contributed by atoms with Crippen LogP contribution in [0.2, 0.25) is 15.1 Å². The molecule has 3 aliphatic carbocycles. The van der Waals surface area contributed by atoms with Gasteiger partial charge in [-0.2, -0.15) is 15.3 Å². The molecule has 0 bridgehead atoms. The maximum atomic E-state index is 12.1. The van der Waals surface area contributed by atoms with Gasteiger partial charge in [-0.1, -0.05) is 110 Å². The van der Waals surface area contributed by atoms with E-state index in [9.17, 15) is 44.1 Å². The van der Waals surface area contributed by atoms with E-state index in [1.807, 2.05) is 37.4 Å². The highest BCUT2D eigenvalue weighted by molar-refractivity contribution is 6.37. The van der Waals surface area contributed by atoms with Crippen LogP contribution in [0.4, 0.5) is 0 Å². The Balaban J connectivity index is 0.000000144. The highest BCUT2D eigenvalue weighted by atomic mass is 35.5. The minimum absolute atomic E-state index is 0.146. The Kier molecular flexibility index (Phi) is 17.7. The molecule has 6 heterocycles. The number of hydrogen-bond donors (Lipinski definition) is 6. The highest BCUT2D eigenvalue weighted by Crippen LogP contribution is 2.45. The van der Waals surface area contributed by atoms with E-state index in [4.69, 9.17) is 34.8 Å². The van der Waals surface area contributed by atoms with E-state index in [0.717, 1.165) is 105 Å². The molecule has 0 aliphatic heterocycles. The van der Waals surface area contributed by atoms with Gasteiger partial charge in [0.25, 0.3) is 34.0 Å². The summed E-state index contributed by atoms with van der Waals surface area (Å²) in [4.78, 5) is 76.9. The van der Waals surface area contributed by atoms with Gasteiger partial charge in [0.05, 0.1) is 64.9 Å². The summed E-state index contributed by atoms with van der Waals surface area (Å²) in [6, 6.07) is 20.4. The Morgan fingerprint density at radius 1 is 0.529 bits per heavy atom. The van der Waals surface area contributed by atoms with E-state index in [2.05, 4.69) is 94.9 Å². The molecule has 0 atom stereocenters. The molecule has 3 saturated carbocycles. The van der Waals surface area contributed by atoms with Crippen molar-refractivity contribution in [1.29, 1.82) is 0 Å². The molecule has 3 amide bonds. The van der Waals surface area contributed by atoms with Crippen LogP contribution in [0.3, 0.4) is 0 Å². The summed E-state index contributed by atoms with van der Waals surface area (Å²) in [6.45, 7) is 5.42. The fraction of sp³-hybridized carbons (Fsp3) is 0.365. The second kappa shape index (κ2) is 25.1. The van der Waals surface area contributed by atoms with Crippen molar-refractivity contribution in [1.82, 2.24) is 59.4 Å². The van der Waals surface area contributed by atoms with E-state index >= 15 is 0 Å². The van der Waals surface area contributed by atoms with Crippen LogP contribution >= 0.6 is 34.8 Å². The molecule has 0 radical (unpaired) electrons. The first-order valence-electron chi connectivity index (χ1n) is 28.8. The molecule has 0 unspecified atom stereocenters. The summed E-state index contributed by atoms with van der Waals surface area (Å²) in [5.74, 6) is -3.32. The number of fused-ring (bicyclic) bond motifs is 3. The van der Waals surface area contributed by atoms with Gasteiger partial charge in [0, 0.05) is 60.9 Å². The van der Waals surface area contributed by atoms with Crippen molar-refractivity contribution in [2.45, 2.75) is 127 Å². The monoisotopic (exact) mass is 1240 g/mol. The number of hydrogen-bond acceptors (Lipinski definition) is 13.